The zero-order valence-electron chi connectivity index (χ0n) is 11.7. The molecule has 7 unspecified atom stereocenters. The highest BCUT2D eigenvalue weighted by atomic mass is 19.4. The van der Waals surface area contributed by atoms with Gasteiger partial charge in [-0.15, -0.1) is 0 Å². The Balaban J connectivity index is 1.84. The van der Waals surface area contributed by atoms with E-state index in [1.54, 1.807) is 0 Å². The number of alkyl halides is 3. The Bertz CT molecular complexity index is 380. The predicted octanol–water partition coefficient (Wildman–Crippen LogP) is 2.72. The second-order valence-corrected chi connectivity index (χ2v) is 6.85. The largest absolute Gasteiger partial charge is 0.415 e. The van der Waals surface area contributed by atoms with Crippen LogP contribution in [0, 0.1) is 23.7 Å². The van der Waals surface area contributed by atoms with E-state index in [1.807, 2.05) is 6.92 Å². The van der Waals surface area contributed by atoms with Crippen LogP contribution in [0.5, 0.6) is 0 Å². The van der Waals surface area contributed by atoms with Crippen LogP contribution in [-0.2, 0) is 9.47 Å². The fraction of sp³-hybridized carbons (Fsp3) is 1.00. The van der Waals surface area contributed by atoms with Gasteiger partial charge in [-0.2, -0.15) is 13.2 Å². The monoisotopic (exact) mass is 294 g/mol. The molecule has 7 atom stereocenters. The van der Waals surface area contributed by atoms with Gasteiger partial charge in [-0.25, -0.2) is 0 Å². The van der Waals surface area contributed by atoms with Crippen LogP contribution >= 0.6 is 0 Å². The maximum absolute atomic E-state index is 13.2. The van der Waals surface area contributed by atoms with E-state index < -0.39 is 24.0 Å². The van der Waals surface area contributed by atoms with Gasteiger partial charge in [0, 0.05) is 0 Å². The maximum atomic E-state index is 13.2. The van der Waals surface area contributed by atoms with Gasteiger partial charge in [-0.05, 0) is 37.0 Å². The first-order valence-electron chi connectivity index (χ1n) is 7.29. The SMILES string of the molecule is CC1CC(C)C2OC(C(F)(F)F)C(C3(O)CO3)CC2C1. The highest BCUT2D eigenvalue weighted by Crippen LogP contribution is 2.52. The maximum Gasteiger partial charge on any atom is 0.415 e. The quantitative estimate of drug-likeness (QED) is 0.756. The number of hydrogen-bond acceptors (Lipinski definition) is 3. The van der Waals surface area contributed by atoms with Crippen molar-refractivity contribution in [2.45, 2.75) is 57.3 Å². The summed E-state index contributed by atoms with van der Waals surface area (Å²) in [6.07, 6.45) is -4.62. The molecule has 0 radical (unpaired) electrons. The van der Waals surface area contributed by atoms with Gasteiger partial charge in [0.15, 0.2) is 11.9 Å². The molecule has 6 heteroatoms. The average Bonchev–Trinajstić information content (AvgIpc) is 3.05. The van der Waals surface area contributed by atoms with Crippen molar-refractivity contribution in [1.82, 2.24) is 0 Å². The fourth-order valence-electron chi connectivity index (χ4n) is 4.18. The Morgan fingerprint density at radius 1 is 1.15 bits per heavy atom. The molecule has 20 heavy (non-hydrogen) atoms. The van der Waals surface area contributed by atoms with Crippen molar-refractivity contribution >= 4 is 0 Å². The molecule has 3 nitrogen and oxygen atoms in total. The standard InChI is InChI=1S/C14H21F3O3/c1-7-3-8(2)11-9(4-7)5-10(13(18)6-19-13)12(20-11)14(15,16)17/h7-12,18H,3-6H2,1-2H3. The number of epoxide rings is 1. The Kier molecular flexibility index (Phi) is 3.34. The number of halogens is 3. The average molecular weight is 294 g/mol. The van der Waals surface area contributed by atoms with Crippen molar-refractivity contribution < 1.29 is 27.8 Å². The molecule has 2 saturated heterocycles. The Labute approximate surface area is 116 Å². The van der Waals surface area contributed by atoms with E-state index in [2.05, 4.69) is 6.92 Å². The first-order chi connectivity index (χ1) is 9.21. The molecule has 3 fully saturated rings. The minimum atomic E-state index is -4.46. The van der Waals surface area contributed by atoms with E-state index in [1.165, 1.54) is 0 Å². The van der Waals surface area contributed by atoms with Gasteiger partial charge < -0.3 is 14.6 Å². The molecule has 0 bridgehead atoms. The molecule has 116 valence electrons. The molecule has 0 aromatic heterocycles. The number of rotatable bonds is 1. The van der Waals surface area contributed by atoms with Crippen molar-refractivity contribution in [2.24, 2.45) is 23.7 Å². The number of ether oxygens (including phenoxy) is 2. The van der Waals surface area contributed by atoms with Crippen molar-refractivity contribution in [1.29, 1.82) is 0 Å². The minimum Gasteiger partial charge on any atom is -0.364 e. The van der Waals surface area contributed by atoms with Gasteiger partial charge in [0.2, 0.25) is 0 Å². The van der Waals surface area contributed by atoms with Gasteiger partial charge in [-0.1, -0.05) is 13.8 Å². The molecule has 1 saturated carbocycles. The van der Waals surface area contributed by atoms with E-state index in [0.29, 0.717) is 12.3 Å². The summed E-state index contributed by atoms with van der Waals surface area (Å²) in [6, 6.07) is 0. The molecule has 2 aliphatic heterocycles. The molecule has 2 heterocycles. The van der Waals surface area contributed by atoms with E-state index >= 15 is 0 Å². The molecule has 3 rings (SSSR count). The van der Waals surface area contributed by atoms with E-state index in [0.717, 1.165) is 12.8 Å². The summed E-state index contributed by atoms with van der Waals surface area (Å²) in [5.41, 5.74) is 0. The number of aliphatic hydroxyl groups is 1. The third kappa shape index (κ3) is 2.46. The highest BCUT2D eigenvalue weighted by Gasteiger charge is 2.63. The third-order valence-corrected chi connectivity index (χ3v) is 5.07. The van der Waals surface area contributed by atoms with Gasteiger partial charge >= 0.3 is 6.18 Å². The van der Waals surface area contributed by atoms with E-state index in [9.17, 15) is 18.3 Å². The summed E-state index contributed by atoms with van der Waals surface area (Å²) < 4.78 is 50.0. The molecule has 0 spiro atoms. The Hall–Kier alpha value is -0.330. The van der Waals surface area contributed by atoms with Gasteiger partial charge in [0.25, 0.3) is 0 Å². The van der Waals surface area contributed by atoms with Crippen LogP contribution in [0.3, 0.4) is 0 Å². The molecule has 0 aromatic rings. The van der Waals surface area contributed by atoms with E-state index in [4.69, 9.17) is 9.47 Å². The molecule has 0 aromatic carbocycles. The van der Waals surface area contributed by atoms with Crippen molar-refractivity contribution in [2.75, 3.05) is 6.61 Å². The first kappa shape index (κ1) is 14.6. The molecule has 0 amide bonds. The molecule has 1 N–H and O–H groups in total. The number of fused-ring (bicyclic) bond motifs is 1. The van der Waals surface area contributed by atoms with E-state index in [-0.39, 0.29) is 24.5 Å². The van der Waals surface area contributed by atoms with Crippen LogP contribution < -0.4 is 0 Å². The van der Waals surface area contributed by atoms with Crippen LogP contribution in [0.1, 0.15) is 33.1 Å². The Morgan fingerprint density at radius 2 is 1.80 bits per heavy atom. The van der Waals surface area contributed by atoms with Gasteiger partial charge in [-0.3, -0.25) is 0 Å². The zero-order chi connectivity index (χ0) is 14.7. The Morgan fingerprint density at radius 3 is 2.35 bits per heavy atom. The summed E-state index contributed by atoms with van der Waals surface area (Å²) in [5, 5.41) is 10.0. The van der Waals surface area contributed by atoms with Crippen LogP contribution in [-0.4, -0.2) is 35.9 Å². The predicted molar refractivity (Wildman–Crippen MR) is 64.8 cm³/mol. The van der Waals surface area contributed by atoms with Crippen molar-refractivity contribution in [3.05, 3.63) is 0 Å². The lowest BCUT2D eigenvalue weighted by molar-refractivity contribution is -0.301. The van der Waals surface area contributed by atoms with Crippen LogP contribution in [0.4, 0.5) is 13.2 Å². The normalized spacial score (nSPS) is 52.5. The summed E-state index contributed by atoms with van der Waals surface area (Å²) in [5.74, 6) is -1.92. The molecular formula is C14H21F3O3. The molecule has 3 aliphatic rings. The summed E-state index contributed by atoms with van der Waals surface area (Å²) >= 11 is 0. The summed E-state index contributed by atoms with van der Waals surface area (Å²) in [6.45, 7) is 4.07. The van der Waals surface area contributed by atoms with Gasteiger partial charge in [0.1, 0.15) is 6.61 Å². The van der Waals surface area contributed by atoms with Crippen molar-refractivity contribution in [3.63, 3.8) is 0 Å². The summed E-state index contributed by atoms with van der Waals surface area (Å²) in [7, 11) is 0. The first-order valence-corrected chi connectivity index (χ1v) is 7.29. The molecular weight excluding hydrogens is 273 g/mol. The van der Waals surface area contributed by atoms with Gasteiger partial charge in [0.05, 0.1) is 12.0 Å². The van der Waals surface area contributed by atoms with Crippen LogP contribution in [0.25, 0.3) is 0 Å². The lowest BCUT2D eigenvalue weighted by Crippen LogP contribution is -2.56. The minimum absolute atomic E-state index is 0.0178. The lowest BCUT2D eigenvalue weighted by Gasteiger charge is -2.48. The topological polar surface area (TPSA) is 42.0 Å². The van der Waals surface area contributed by atoms with Crippen LogP contribution in [0.15, 0.2) is 0 Å². The highest BCUT2D eigenvalue weighted by molar-refractivity contribution is 5.01. The summed E-state index contributed by atoms with van der Waals surface area (Å²) in [4.78, 5) is 0. The molecule has 1 aliphatic carbocycles. The second-order valence-electron chi connectivity index (χ2n) is 6.85. The zero-order valence-corrected chi connectivity index (χ0v) is 11.7. The smallest absolute Gasteiger partial charge is 0.364 e. The van der Waals surface area contributed by atoms with Crippen LogP contribution in [0.2, 0.25) is 0 Å². The fourth-order valence-corrected chi connectivity index (χ4v) is 4.18. The number of hydrogen-bond donors (Lipinski definition) is 1. The lowest BCUT2D eigenvalue weighted by atomic mass is 9.68. The third-order valence-electron chi connectivity index (χ3n) is 5.07. The second kappa shape index (κ2) is 4.58. The van der Waals surface area contributed by atoms with Crippen molar-refractivity contribution in [3.8, 4) is 0 Å².